The van der Waals surface area contributed by atoms with Gasteiger partial charge >= 0.3 is 6.61 Å². The third-order valence-corrected chi connectivity index (χ3v) is 5.45. The van der Waals surface area contributed by atoms with E-state index in [1.807, 2.05) is 30.3 Å². The van der Waals surface area contributed by atoms with Gasteiger partial charge in [0.05, 0.1) is 18.7 Å². The molecule has 0 spiro atoms. The van der Waals surface area contributed by atoms with Crippen molar-refractivity contribution in [2.45, 2.75) is 13.2 Å². The first-order valence-corrected chi connectivity index (χ1v) is 10.8. The second-order valence-electron chi connectivity index (χ2n) is 6.90. The molecule has 0 amide bonds. The van der Waals surface area contributed by atoms with Crippen molar-refractivity contribution in [3.05, 3.63) is 70.7 Å². The number of rotatable bonds is 9. The molecule has 0 aliphatic carbocycles. The number of nitrogens with zero attached hydrogens (tertiary/aromatic N) is 2. The minimum absolute atomic E-state index is 0.0918. The summed E-state index contributed by atoms with van der Waals surface area (Å²) in [4.78, 5) is 0. The Balaban J connectivity index is 1.58. The quantitative estimate of drug-likeness (QED) is 0.248. The van der Waals surface area contributed by atoms with Crippen LogP contribution in [0.25, 0.3) is 22.9 Å². The molecule has 0 unspecified atom stereocenters. The van der Waals surface area contributed by atoms with E-state index >= 15 is 0 Å². The molecule has 0 aliphatic heterocycles. The van der Waals surface area contributed by atoms with Crippen LogP contribution in [0.1, 0.15) is 5.56 Å². The fourth-order valence-corrected chi connectivity index (χ4v) is 3.59. The van der Waals surface area contributed by atoms with Crippen LogP contribution < -0.4 is 18.9 Å². The lowest BCUT2D eigenvalue weighted by Crippen LogP contribution is -2.03. The summed E-state index contributed by atoms with van der Waals surface area (Å²) in [5, 5.41) is 8.20. The number of aromatic nitrogens is 2. The Morgan fingerprint density at radius 2 is 1.47 bits per heavy atom. The van der Waals surface area contributed by atoms with Crippen molar-refractivity contribution in [3.63, 3.8) is 0 Å². The molecule has 7 nitrogen and oxygen atoms in total. The first kappa shape index (κ1) is 23.5. The summed E-state index contributed by atoms with van der Waals surface area (Å²) in [6.45, 7) is -2.71. The fourth-order valence-electron chi connectivity index (χ4n) is 3.19. The van der Waals surface area contributed by atoms with E-state index in [2.05, 4.69) is 30.9 Å². The van der Waals surface area contributed by atoms with Crippen LogP contribution in [-0.4, -0.2) is 31.0 Å². The zero-order valence-electron chi connectivity index (χ0n) is 18.1. The van der Waals surface area contributed by atoms with Crippen molar-refractivity contribution >= 4 is 15.9 Å². The molecular formula is C24H19BrF2N2O5. The van der Waals surface area contributed by atoms with Crippen LogP contribution in [0, 0.1) is 0 Å². The Hall–Kier alpha value is -3.66. The molecule has 3 aromatic carbocycles. The summed E-state index contributed by atoms with van der Waals surface area (Å²) < 4.78 is 52.8. The number of ether oxygens (including phenoxy) is 4. The molecule has 4 rings (SSSR count). The van der Waals surface area contributed by atoms with Crippen LogP contribution in [0.5, 0.6) is 23.0 Å². The zero-order chi connectivity index (χ0) is 24.1. The van der Waals surface area contributed by atoms with Gasteiger partial charge in [-0.2, -0.15) is 8.78 Å². The third-order valence-electron chi connectivity index (χ3n) is 4.80. The summed E-state index contributed by atoms with van der Waals surface area (Å²) in [7, 11) is 2.93. The fraction of sp³-hybridized carbons (Fsp3) is 0.167. The highest BCUT2D eigenvalue weighted by molar-refractivity contribution is 9.10. The SMILES string of the molecule is COc1ccc(-c2nnc(-c3ccc(OC(F)F)c(OC)c3)o2)cc1COc1ccccc1Br. The van der Waals surface area contributed by atoms with E-state index in [1.54, 1.807) is 19.2 Å². The number of halogens is 3. The van der Waals surface area contributed by atoms with Gasteiger partial charge in [0.25, 0.3) is 0 Å². The van der Waals surface area contributed by atoms with Crippen molar-refractivity contribution in [2.24, 2.45) is 0 Å². The van der Waals surface area contributed by atoms with E-state index < -0.39 is 6.61 Å². The molecule has 10 heteroatoms. The van der Waals surface area contributed by atoms with Crippen molar-refractivity contribution in [1.82, 2.24) is 10.2 Å². The smallest absolute Gasteiger partial charge is 0.387 e. The van der Waals surface area contributed by atoms with Crippen molar-refractivity contribution in [2.75, 3.05) is 14.2 Å². The van der Waals surface area contributed by atoms with Gasteiger partial charge in [-0.25, -0.2) is 0 Å². The maximum absolute atomic E-state index is 12.6. The number of benzene rings is 3. The second-order valence-corrected chi connectivity index (χ2v) is 7.76. The number of para-hydroxylation sites is 1. The lowest BCUT2D eigenvalue weighted by molar-refractivity contribution is -0.0512. The lowest BCUT2D eigenvalue weighted by atomic mass is 10.1. The van der Waals surface area contributed by atoms with E-state index in [0.29, 0.717) is 22.6 Å². The van der Waals surface area contributed by atoms with Gasteiger partial charge in [-0.3, -0.25) is 0 Å². The Morgan fingerprint density at radius 3 is 2.12 bits per heavy atom. The van der Waals surface area contributed by atoms with Crippen LogP contribution in [0.3, 0.4) is 0 Å². The summed E-state index contributed by atoms with van der Waals surface area (Å²) in [5.41, 5.74) is 1.93. The Kier molecular flexibility index (Phi) is 7.27. The molecule has 0 bridgehead atoms. The van der Waals surface area contributed by atoms with Crippen LogP contribution >= 0.6 is 15.9 Å². The van der Waals surface area contributed by atoms with Gasteiger partial charge in [-0.15, -0.1) is 10.2 Å². The van der Waals surface area contributed by atoms with Gasteiger partial charge in [0.2, 0.25) is 11.8 Å². The summed E-state index contributed by atoms with van der Waals surface area (Å²) in [6.07, 6.45) is 0. The summed E-state index contributed by atoms with van der Waals surface area (Å²) in [5.74, 6) is 1.84. The molecule has 4 aromatic rings. The summed E-state index contributed by atoms with van der Waals surface area (Å²) >= 11 is 3.46. The Morgan fingerprint density at radius 1 is 0.824 bits per heavy atom. The van der Waals surface area contributed by atoms with Crippen LogP contribution in [0.4, 0.5) is 8.78 Å². The second kappa shape index (κ2) is 10.5. The third kappa shape index (κ3) is 5.28. The molecule has 1 heterocycles. The van der Waals surface area contributed by atoms with Gasteiger partial charge in [-0.1, -0.05) is 12.1 Å². The highest BCUT2D eigenvalue weighted by atomic mass is 79.9. The Labute approximate surface area is 202 Å². The van der Waals surface area contributed by atoms with E-state index in [9.17, 15) is 8.78 Å². The Bertz CT molecular complexity index is 1280. The van der Waals surface area contributed by atoms with Gasteiger partial charge in [0.1, 0.15) is 18.1 Å². The molecule has 1 aromatic heterocycles. The average molecular weight is 533 g/mol. The molecule has 0 saturated carbocycles. The first-order valence-electron chi connectivity index (χ1n) is 10.00. The molecule has 176 valence electrons. The standard InChI is InChI=1S/C24H19BrF2N2O5/c1-30-18-9-7-14(11-16(18)13-32-19-6-4-3-5-17(19)25)22-28-29-23(34-22)15-8-10-20(33-24(26)27)21(12-15)31-2/h3-12,24H,13H2,1-2H3. The topological polar surface area (TPSA) is 75.8 Å². The van der Waals surface area contributed by atoms with Gasteiger partial charge < -0.3 is 23.4 Å². The largest absolute Gasteiger partial charge is 0.496 e. The molecule has 0 radical (unpaired) electrons. The molecule has 0 saturated heterocycles. The molecule has 0 atom stereocenters. The molecule has 34 heavy (non-hydrogen) atoms. The van der Waals surface area contributed by atoms with Crippen molar-refractivity contribution in [3.8, 4) is 45.9 Å². The van der Waals surface area contributed by atoms with Gasteiger partial charge in [0.15, 0.2) is 11.5 Å². The molecule has 0 aliphatic rings. The first-order chi connectivity index (χ1) is 16.5. The number of alkyl halides is 2. The highest BCUT2D eigenvalue weighted by Gasteiger charge is 2.17. The van der Waals surface area contributed by atoms with E-state index in [-0.39, 0.29) is 29.9 Å². The van der Waals surface area contributed by atoms with Crippen molar-refractivity contribution < 1.29 is 32.1 Å². The maximum Gasteiger partial charge on any atom is 0.387 e. The minimum Gasteiger partial charge on any atom is -0.496 e. The van der Waals surface area contributed by atoms with Crippen molar-refractivity contribution in [1.29, 1.82) is 0 Å². The molecular weight excluding hydrogens is 514 g/mol. The zero-order valence-corrected chi connectivity index (χ0v) is 19.7. The number of hydrogen-bond acceptors (Lipinski definition) is 7. The highest BCUT2D eigenvalue weighted by Crippen LogP contribution is 2.35. The molecule has 0 fully saturated rings. The van der Waals surface area contributed by atoms with Crippen LogP contribution in [-0.2, 0) is 6.61 Å². The normalized spacial score (nSPS) is 10.9. The van der Waals surface area contributed by atoms with Gasteiger partial charge in [-0.05, 0) is 64.5 Å². The number of hydrogen-bond donors (Lipinski definition) is 0. The van der Waals surface area contributed by atoms with E-state index in [0.717, 1.165) is 10.0 Å². The predicted molar refractivity (Wildman–Crippen MR) is 123 cm³/mol. The lowest BCUT2D eigenvalue weighted by Gasteiger charge is -2.12. The van der Waals surface area contributed by atoms with E-state index in [1.165, 1.54) is 25.3 Å². The molecule has 0 N–H and O–H groups in total. The maximum atomic E-state index is 12.6. The average Bonchev–Trinajstić information content (AvgIpc) is 3.33. The monoisotopic (exact) mass is 532 g/mol. The van der Waals surface area contributed by atoms with Crippen LogP contribution in [0.15, 0.2) is 69.6 Å². The van der Waals surface area contributed by atoms with E-state index in [4.69, 9.17) is 18.6 Å². The van der Waals surface area contributed by atoms with Gasteiger partial charge in [0, 0.05) is 16.7 Å². The van der Waals surface area contributed by atoms with Crippen LogP contribution in [0.2, 0.25) is 0 Å². The minimum atomic E-state index is -2.97. The predicted octanol–water partition coefficient (Wildman–Crippen LogP) is 6.36. The number of methoxy groups -OCH3 is 2. The summed E-state index contributed by atoms with van der Waals surface area (Å²) in [6, 6.07) is 17.3.